The number of amides is 1. The maximum absolute atomic E-state index is 12.3. The number of rotatable bonds is 4. The second kappa shape index (κ2) is 5.74. The summed E-state index contributed by atoms with van der Waals surface area (Å²) in [5.41, 5.74) is 0.511. The van der Waals surface area contributed by atoms with Crippen molar-refractivity contribution >= 4 is 5.91 Å². The lowest BCUT2D eigenvalue weighted by atomic mass is 9.83. The van der Waals surface area contributed by atoms with Gasteiger partial charge in [-0.15, -0.1) is 0 Å². The van der Waals surface area contributed by atoms with E-state index in [1.807, 2.05) is 44.2 Å². The minimum atomic E-state index is -0.515. The fourth-order valence-electron chi connectivity index (χ4n) is 2.68. The number of carbonyl (C=O) groups excluding carboxylic acids is 1. The molecule has 2 rings (SSSR count). The average Bonchev–Trinajstić information content (AvgIpc) is 2.82. The molecule has 1 fully saturated rings. The number of nitrogens with one attached hydrogen (secondary N) is 1. The van der Waals surface area contributed by atoms with E-state index in [4.69, 9.17) is 0 Å². The maximum Gasteiger partial charge on any atom is 0.230 e. The van der Waals surface area contributed by atoms with Gasteiger partial charge in [-0.1, -0.05) is 30.3 Å². The maximum atomic E-state index is 12.3. The molecule has 1 aromatic rings. The molecular weight excluding hydrogens is 238 g/mol. The van der Waals surface area contributed by atoms with E-state index >= 15 is 0 Å². The van der Waals surface area contributed by atoms with Crippen LogP contribution in [0, 0.1) is 5.92 Å². The van der Waals surface area contributed by atoms with Gasteiger partial charge in [-0.05, 0) is 44.6 Å². The Kier molecular flexibility index (Phi) is 4.25. The molecule has 3 nitrogen and oxygen atoms in total. The molecule has 0 aromatic heterocycles. The molecule has 2 N–H and O–H groups in total. The number of hydrogen-bond donors (Lipinski definition) is 2. The van der Waals surface area contributed by atoms with E-state index in [1.54, 1.807) is 0 Å². The van der Waals surface area contributed by atoms with E-state index < -0.39 is 5.41 Å². The Hall–Kier alpha value is -1.35. The van der Waals surface area contributed by atoms with Crippen LogP contribution in [0.3, 0.4) is 0 Å². The highest BCUT2D eigenvalue weighted by atomic mass is 16.3. The first-order valence-corrected chi connectivity index (χ1v) is 7.02. The third-order valence-electron chi connectivity index (χ3n) is 4.13. The quantitative estimate of drug-likeness (QED) is 0.873. The topological polar surface area (TPSA) is 49.3 Å². The molecule has 1 aliphatic carbocycles. The minimum absolute atomic E-state index is 0.0556. The Bertz CT molecular complexity index is 428. The summed E-state index contributed by atoms with van der Waals surface area (Å²) in [5.74, 6) is 0.477. The highest BCUT2D eigenvalue weighted by Crippen LogP contribution is 2.26. The van der Waals surface area contributed by atoms with Crippen LogP contribution in [-0.2, 0) is 10.2 Å². The van der Waals surface area contributed by atoms with Gasteiger partial charge in [0.05, 0.1) is 11.5 Å². The predicted molar refractivity (Wildman–Crippen MR) is 75.8 cm³/mol. The summed E-state index contributed by atoms with van der Waals surface area (Å²) in [6.07, 6.45) is 2.51. The van der Waals surface area contributed by atoms with E-state index in [1.165, 1.54) is 0 Å². The van der Waals surface area contributed by atoms with Crippen molar-refractivity contribution in [3.05, 3.63) is 35.9 Å². The first-order valence-electron chi connectivity index (χ1n) is 7.02. The molecule has 0 spiro atoms. The zero-order chi connectivity index (χ0) is 13.9. The van der Waals surface area contributed by atoms with Gasteiger partial charge in [0.1, 0.15) is 0 Å². The lowest BCUT2D eigenvalue weighted by molar-refractivity contribution is -0.125. The predicted octanol–water partition coefficient (Wildman–Crippen LogP) is 2.24. The molecule has 104 valence electrons. The van der Waals surface area contributed by atoms with E-state index in [9.17, 15) is 9.90 Å². The molecule has 0 aliphatic heterocycles. The summed E-state index contributed by atoms with van der Waals surface area (Å²) in [7, 11) is 0. The molecule has 3 heteroatoms. The number of hydrogen-bond acceptors (Lipinski definition) is 2. The van der Waals surface area contributed by atoms with Gasteiger partial charge in [0, 0.05) is 6.54 Å². The van der Waals surface area contributed by atoms with Crippen molar-refractivity contribution in [1.29, 1.82) is 0 Å². The van der Waals surface area contributed by atoms with Crippen molar-refractivity contribution in [3.8, 4) is 0 Å². The van der Waals surface area contributed by atoms with Crippen molar-refractivity contribution in [2.75, 3.05) is 6.54 Å². The number of aliphatic hydroxyl groups excluding tert-OH is 1. The van der Waals surface area contributed by atoms with Gasteiger partial charge >= 0.3 is 0 Å². The first-order chi connectivity index (χ1) is 9.00. The molecule has 0 bridgehead atoms. The summed E-state index contributed by atoms with van der Waals surface area (Å²) >= 11 is 0. The van der Waals surface area contributed by atoms with E-state index in [-0.39, 0.29) is 12.0 Å². The van der Waals surface area contributed by atoms with Crippen molar-refractivity contribution in [1.82, 2.24) is 5.32 Å². The van der Waals surface area contributed by atoms with Gasteiger partial charge in [0.25, 0.3) is 0 Å². The van der Waals surface area contributed by atoms with E-state index in [2.05, 4.69) is 5.32 Å². The Labute approximate surface area is 115 Å². The first kappa shape index (κ1) is 14.1. The fourth-order valence-corrected chi connectivity index (χ4v) is 2.68. The molecule has 1 saturated carbocycles. The Morgan fingerprint density at radius 2 is 2.00 bits per heavy atom. The molecular formula is C16H23NO2. The standard InChI is InChI=1S/C16H23NO2/c1-16(2,13-6-4-3-5-7-13)15(19)17-11-12-8-9-14(18)10-12/h3-7,12,14,18H,8-11H2,1-2H3,(H,17,19). The van der Waals surface area contributed by atoms with Crippen molar-refractivity contribution in [2.45, 2.75) is 44.6 Å². The van der Waals surface area contributed by atoms with Crippen LogP contribution in [0.25, 0.3) is 0 Å². The SMILES string of the molecule is CC(C)(C(=O)NCC1CCC(O)C1)c1ccccc1. The smallest absolute Gasteiger partial charge is 0.230 e. The fraction of sp³-hybridized carbons (Fsp3) is 0.562. The van der Waals surface area contributed by atoms with Gasteiger partial charge in [-0.2, -0.15) is 0 Å². The van der Waals surface area contributed by atoms with Crippen LogP contribution >= 0.6 is 0 Å². The summed E-state index contributed by atoms with van der Waals surface area (Å²) in [4.78, 5) is 12.3. The van der Waals surface area contributed by atoms with Gasteiger partial charge < -0.3 is 10.4 Å². The largest absolute Gasteiger partial charge is 0.393 e. The lowest BCUT2D eigenvalue weighted by Gasteiger charge is -2.25. The molecule has 0 saturated heterocycles. The normalized spacial score (nSPS) is 23.3. The molecule has 2 atom stereocenters. The second-order valence-corrected chi connectivity index (χ2v) is 6.03. The summed E-state index contributed by atoms with van der Waals surface area (Å²) in [6.45, 7) is 4.56. The highest BCUT2D eigenvalue weighted by Gasteiger charge is 2.30. The zero-order valence-corrected chi connectivity index (χ0v) is 11.7. The minimum Gasteiger partial charge on any atom is -0.393 e. The third-order valence-corrected chi connectivity index (χ3v) is 4.13. The van der Waals surface area contributed by atoms with Crippen LogP contribution in [0.5, 0.6) is 0 Å². The van der Waals surface area contributed by atoms with Crippen LogP contribution < -0.4 is 5.32 Å². The van der Waals surface area contributed by atoms with E-state index in [0.717, 1.165) is 24.8 Å². The van der Waals surface area contributed by atoms with Crippen molar-refractivity contribution < 1.29 is 9.90 Å². The van der Waals surface area contributed by atoms with Gasteiger partial charge in [0.15, 0.2) is 0 Å². The Morgan fingerprint density at radius 3 is 2.58 bits per heavy atom. The molecule has 19 heavy (non-hydrogen) atoms. The van der Waals surface area contributed by atoms with Crippen LogP contribution in [-0.4, -0.2) is 23.7 Å². The molecule has 1 amide bonds. The number of aliphatic hydroxyl groups is 1. The van der Waals surface area contributed by atoms with Crippen molar-refractivity contribution in [3.63, 3.8) is 0 Å². The van der Waals surface area contributed by atoms with Gasteiger partial charge in [-0.3, -0.25) is 4.79 Å². The van der Waals surface area contributed by atoms with Gasteiger partial charge in [0.2, 0.25) is 5.91 Å². The molecule has 1 aromatic carbocycles. The number of carbonyl (C=O) groups is 1. The van der Waals surface area contributed by atoms with Crippen molar-refractivity contribution in [2.24, 2.45) is 5.92 Å². The van der Waals surface area contributed by atoms with Gasteiger partial charge in [-0.25, -0.2) is 0 Å². The Balaban J connectivity index is 1.92. The van der Waals surface area contributed by atoms with Crippen LogP contribution in [0.1, 0.15) is 38.7 Å². The summed E-state index contributed by atoms with van der Waals surface area (Å²) < 4.78 is 0. The molecule has 0 heterocycles. The number of benzene rings is 1. The monoisotopic (exact) mass is 261 g/mol. The van der Waals surface area contributed by atoms with E-state index in [0.29, 0.717) is 12.5 Å². The lowest BCUT2D eigenvalue weighted by Crippen LogP contribution is -2.41. The zero-order valence-electron chi connectivity index (χ0n) is 11.7. The molecule has 1 aliphatic rings. The summed E-state index contributed by atoms with van der Waals surface area (Å²) in [6, 6.07) is 9.84. The van der Waals surface area contributed by atoms with Crippen LogP contribution in [0.15, 0.2) is 30.3 Å². The van der Waals surface area contributed by atoms with Crippen LogP contribution in [0.2, 0.25) is 0 Å². The highest BCUT2D eigenvalue weighted by molar-refractivity contribution is 5.87. The van der Waals surface area contributed by atoms with Crippen LogP contribution in [0.4, 0.5) is 0 Å². The third kappa shape index (κ3) is 3.35. The Morgan fingerprint density at radius 1 is 1.32 bits per heavy atom. The second-order valence-electron chi connectivity index (χ2n) is 6.03. The molecule has 2 unspecified atom stereocenters. The summed E-state index contributed by atoms with van der Waals surface area (Å²) in [5, 5.41) is 12.5. The average molecular weight is 261 g/mol. The molecule has 0 radical (unpaired) electrons.